The lowest BCUT2D eigenvalue weighted by Gasteiger charge is -2.13. The zero-order valence-corrected chi connectivity index (χ0v) is 8.03. The Balaban J connectivity index is 2.97. The third-order valence-corrected chi connectivity index (χ3v) is 1.99. The van der Waals surface area contributed by atoms with E-state index in [1.165, 1.54) is 25.3 Å². The minimum absolute atomic E-state index is 0.348. The summed E-state index contributed by atoms with van der Waals surface area (Å²) in [5.41, 5.74) is 5.74. The van der Waals surface area contributed by atoms with Crippen LogP contribution < -0.4 is 10.5 Å². The highest BCUT2D eigenvalue weighted by molar-refractivity contribution is 5.35. The number of ether oxygens (including phenoxy) is 1. The Bertz CT molecular complexity index is 304. The maximum absolute atomic E-state index is 12.9. The van der Waals surface area contributed by atoms with Crippen molar-refractivity contribution in [2.45, 2.75) is 12.5 Å². The molecule has 3 N–H and O–H groups in total. The molecule has 0 unspecified atom stereocenters. The van der Waals surface area contributed by atoms with Crippen LogP contribution in [-0.2, 0) is 0 Å². The average molecular weight is 199 g/mol. The van der Waals surface area contributed by atoms with Gasteiger partial charge in [0.1, 0.15) is 11.6 Å². The zero-order chi connectivity index (χ0) is 10.6. The number of halogens is 1. The van der Waals surface area contributed by atoms with E-state index in [2.05, 4.69) is 0 Å². The summed E-state index contributed by atoms with van der Waals surface area (Å²) in [6, 6.07) is 4.04. The number of rotatable bonds is 4. The number of nitrogens with two attached hydrogens (primary N) is 1. The first-order valence-electron chi connectivity index (χ1n) is 4.40. The van der Waals surface area contributed by atoms with E-state index in [0.29, 0.717) is 24.3 Å². The summed E-state index contributed by atoms with van der Waals surface area (Å²) < 4.78 is 17.9. The number of aliphatic hydroxyl groups excluding tert-OH is 1. The molecule has 3 nitrogen and oxygen atoms in total. The van der Waals surface area contributed by atoms with Gasteiger partial charge >= 0.3 is 0 Å². The molecule has 0 fully saturated rings. The fraction of sp³-hybridized carbons (Fsp3) is 0.400. The van der Waals surface area contributed by atoms with E-state index in [-0.39, 0.29) is 0 Å². The van der Waals surface area contributed by atoms with Crippen LogP contribution in [0, 0.1) is 5.82 Å². The molecule has 0 aliphatic rings. The van der Waals surface area contributed by atoms with Crippen molar-refractivity contribution in [2.75, 3.05) is 13.7 Å². The Morgan fingerprint density at radius 3 is 2.86 bits per heavy atom. The van der Waals surface area contributed by atoms with Crippen molar-refractivity contribution in [3.05, 3.63) is 29.6 Å². The third-order valence-electron chi connectivity index (χ3n) is 1.99. The van der Waals surface area contributed by atoms with Gasteiger partial charge in [0.05, 0.1) is 13.2 Å². The molecule has 78 valence electrons. The molecule has 0 amide bonds. The predicted molar refractivity (Wildman–Crippen MR) is 51.6 cm³/mol. The van der Waals surface area contributed by atoms with Crippen molar-refractivity contribution in [3.8, 4) is 5.75 Å². The van der Waals surface area contributed by atoms with Gasteiger partial charge < -0.3 is 15.6 Å². The molecule has 0 saturated heterocycles. The zero-order valence-electron chi connectivity index (χ0n) is 8.03. The molecule has 0 aliphatic heterocycles. The highest BCUT2D eigenvalue weighted by Crippen LogP contribution is 2.27. The van der Waals surface area contributed by atoms with E-state index in [1.807, 2.05) is 0 Å². The summed E-state index contributed by atoms with van der Waals surface area (Å²) in [5.74, 6) is 0.0872. The monoisotopic (exact) mass is 199 g/mol. The van der Waals surface area contributed by atoms with Gasteiger partial charge in [-0.1, -0.05) is 0 Å². The van der Waals surface area contributed by atoms with Crippen molar-refractivity contribution in [1.82, 2.24) is 0 Å². The minimum Gasteiger partial charge on any atom is -0.496 e. The molecule has 0 saturated carbocycles. The Hall–Kier alpha value is -1.13. The molecule has 0 radical (unpaired) electrons. The molecule has 1 aromatic rings. The van der Waals surface area contributed by atoms with E-state index >= 15 is 0 Å². The van der Waals surface area contributed by atoms with Crippen LogP contribution in [0.15, 0.2) is 18.2 Å². The molecule has 1 atom stereocenters. The maximum Gasteiger partial charge on any atom is 0.124 e. The fourth-order valence-corrected chi connectivity index (χ4v) is 1.28. The second-order valence-electron chi connectivity index (χ2n) is 2.98. The van der Waals surface area contributed by atoms with Gasteiger partial charge in [-0.2, -0.15) is 0 Å². The first-order valence-corrected chi connectivity index (χ1v) is 4.40. The normalized spacial score (nSPS) is 12.6. The second kappa shape index (κ2) is 4.93. The first kappa shape index (κ1) is 10.9. The Morgan fingerprint density at radius 1 is 1.57 bits per heavy atom. The molecular weight excluding hydrogens is 185 g/mol. The number of benzene rings is 1. The molecule has 0 aliphatic carbocycles. The van der Waals surface area contributed by atoms with E-state index < -0.39 is 11.9 Å². The quantitative estimate of drug-likeness (QED) is 0.766. The predicted octanol–water partition coefficient (Wildman–Crippen LogP) is 1.22. The molecule has 0 heterocycles. The number of hydrogen-bond acceptors (Lipinski definition) is 3. The van der Waals surface area contributed by atoms with Gasteiger partial charge in [0.2, 0.25) is 0 Å². The van der Waals surface area contributed by atoms with Crippen molar-refractivity contribution >= 4 is 0 Å². The van der Waals surface area contributed by atoms with Crippen molar-refractivity contribution in [1.29, 1.82) is 0 Å². The Morgan fingerprint density at radius 2 is 2.29 bits per heavy atom. The highest BCUT2D eigenvalue weighted by atomic mass is 19.1. The van der Waals surface area contributed by atoms with Gasteiger partial charge in [-0.3, -0.25) is 0 Å². The molecule has 0 bridgehead atoms. The van der Waals surface area contributed by atoms with Crippen molar-refractivity contribution in [3.63, 3.8) is 0 Å². The largest absolute Gasteiger partial charge is 0.496 e. The van der Waals surface area contributed by atoms with Crippen LogP contribution in [0.3, 0.4) is 0 Å². The summed E-state index contributed by atoms with van der Waals surface area (Å²) in [6.07, 6.45) is -0.384. The van der Waals surface area contributed by atoms with Crippen LogP contribution in [0.25, 0.3) is 0 Å². The van der Waals surface area contributed by atoms with Crippen LogP contribution >= 0.6 is 0 Å². The summed E-state index contributed by atoms with van der Waals surface area (Å²) in [5, 5.41) is 9.63. The van der Waals surface area contributed by atoms with E-state index in [4.69, 9.17) is 10.5 Å². The van der Waals surface area contributed by atoms with Crippen molar-refractivity contribution in [2.24, 2.45) is 5.73 Å². The molecule has 0 aromatic heterocycles. The number of hydrogen-bond donors (Lipinski definition) is 2. The molecule has 0 spiro atoms. The van der Waals surface area contributed by atoms with Crippen LogP contribution in [0.1, 0.15) is 18.1 Å². The molecule has 14 heavy (non-hydrogen) atoms. The Labute approximate surface area is 82.3 Å². The smallest absolute Gasteiger partial charge is 0.124 e. The van der Waals surface area contributed by atoms with Crippen LogP contribution in [0.4, 0.5) is 4.39 Å². The minimum atomic E-state index is -0.773. The van der Waals surface area contributed by atoms with Gasteiger partial charge in [-0.15, -0.1) is 0 Å². The topological polar surface area (TPSA) is 55.5 Å². The van der Waals surface area contributed by atoms with Crippen molar-refractivity contribution < 1.29 is 14.2 Å². The van der Waals surface area contributed by atoms with Gasteiger partial charge in [0.25, 0.3) is 0 Å². The van der Waals surface area contributed by atoms with Crippen LogP contribution in [-0.4, -0.2) is 18.8 Å². The van der Waals surface area contributed by atoms with Gasteiger partial charge in [0, 0.05) is 5.56 Å². The summed E-state index contributed by atoms with van der Waals surface area (Å²) >= 11 is 0. The van der Waals surface area contributed by atoms with E-state index in [0.717, 1.165) is 0 Å². The summed E-state index contributed by atoms with van der Waals surface area (Å²) in [7, 11) is 1.48. The van der Waals surface area contributed by atoms with Gasteiger partial charge in [-0.25, -0.2) is 4.39 Å². The highest BCUT2D eigenvalue weighted by Gasteiger charge is 2.13. The third kappa shape index (κ3) is 2.43. The summed E-state index contributed by atoms with van der Waals surface area (Å²) in [4.78, 5) is 0. The maximum atomic E-state index is 12.9. The Kier molecular flexibility index (Phi) is 3.85. The van der Waals surface area contributed by atoms with Crippen LogP contribution in [0.5, 0.6) is 5.75 Å². The second-order valence-corrected chi connectivity index (χ2v) is 2.98. The molecule has 4 heteroatoms. The van der Waals surface area contributed by atoms with Gasteiger partial charge in [0.15, 0.2) is 0 Å². The first-order chi connectivity index (χ1) is 6.69. The summed E-state index contributed by atoms with van der Waals surface area (Å²) in [6.45, 7) is 0.348. The number of aliphatic hydroxyl groups is 1. The molecular formula is C10H14FNO2. The lowest BCUT2D eigenvalue weighted by Crippen LogP contribution is -2.08. The molecule has 1 aromatic carbocycles. The lowest BCUT2D eigenvalue weighted by atomic mass is 10.1. The number of methoxy groups -OCH3 is 1. The van der Waals surface area contributed by atoms with E-state index in [1.54, 1.807) is 0 Å². The fourth-order valence-electron chi connectivity index (χ4n) is 1.28. The lowest BCUT2D eigenvalue weighted by molar-refractivity contribution is 0.165. The van der Waals surface area contributed by atoms with E-state index in [9.17, 15) is 9.50 Å². The SMILES string of the molecule is COc1ccc(F)cc1[C@@H](O)CCN. The standard InChI is InChI=1S/C10H14FNO2/c1-14-10-3-2-7(11)6-8(10)9(13)4-5-12/h2-3,6,9,13H,4-5,12H2,1H3/t9-/m0/s1. The average Bonchev–Trinajstić information content (AvgIpc) is 2.18. The van der Waals surface area contributed by atoms with Gasteiger partial charge in [-0.05, 0) is 31.2 Å². The van der Waals surface area contributed by atoms with Crippen LogP contribution in [0.2, 0.25) is 0 Å². The molecule has 1 rings (SSSR count).